The topological polar surface area (TPSA) is 29.3 Å². The Morgan fingerprint density at radius 2 is 1.83 bits per heavy atom. The molecule has 0 saturated heterocycles. The Kier molecular flexibility index (Phi) is 4.65. The average Bonchev–Trinajstić information content (AvgIpc) is 2.90. The molecule has 1 aliphatic rings. The van der Waals surface area contributed by atoms with E-state index in [4.69, 9.17) is 5.73 Å². The molecule has 1 aliphatic carbocycles. The van der Waals surface area contributed by atoms with Crippen molar-refractivity contribution in [2.75, 3.05) is 19.3 Å². The van der Waals surface area contributed by atoms with E-state index in [1.807, 2.05) is 12.1 Å². The molecule has 1 unspecified atom stereocenters. The predicted molar refractivity (Wildman–Crippen MR) is 78.8 cm³/mol. The maximum absolute atomic E-state index is 5.72. The number of rotatable bonds is 5. The van der Waals surface area contributed by atoms with Gasteiger partial charge in [0.15, 0.2) is 0 Å². The number of hydrogen-bond acceptors (Lipinski definition) is 2. The van der Waals surface area contributed by atoms with Gasteiger partial charge < -0.3 is 10.6 Å². The summed E-state index contributed by atoms with van der Waals surface area (Å²) in [6.45, 7) is 3.52. The minimum Gasteiger partial charge on any atom is -0.399 e. The van der Waals surface area contributed by atoms with Crippen molar-refractivity contribution >= 4 is 5.69 Å². The van der Waals surface area contributed by atoms with E-state index in [1.54, 1.807) is 0 Å². The lowest BCUT2D eigenvalue weighted by Gasteiger charge is -2.25. The summed E-state index contributed by atoms with van der Waals surface area (Å²) in [5.74, 6) is 0.620. The number of benzene rings is 1. The Morgan fingerprint density at radius 3 is 2.44 bits per heavy atom. The molecule has 0 amide bonds. The molecular formula is C16H26N2. The highest BCUT2D eigenvalue weighted by Crippen LogP contribution is 2.25. The molecule has 2 rings (SSSR count). The Hall–Kier alpha value is -1.02. The van der Waals surface area contributed by atoms with Crippen LogP contribution >= 0.6 is 0 Å². The summed E-state index contributed by atoms with van der Waals surface area (Å²) in [7, 11) is 2.28. The second-order valence-corrected chi connectivity index (χ2v) is 5.78. The van der Waals surface area contributed by atoms with E-state index in [2.05, 4.69) is 31.0 Å². The second-order valence-electron chi connectivity index (χ2n) is 5.78. The molecule has 18 heavy (non-hydrogen) atoms. The third kappa shape index (κ3) is 3.49. The van der Waals surface area contributed by atoms with Gasteiger partial charge in [-0.3, -0.25) is 0 Å². The first-order valence-corrected chi connectivity index (χ1v) is 7.22. The first kappa shape index (κ1) is 13.4. The van der Waals surface area contributed by atoms with Gasteiger partial charge in [0, 0.05) is 11.7 Å². The van der Waals surface area contributed by atoms with Gasteiger partial charge in [0.2, 0.25) is 0 Å². The molecule has 0 radical (unpaired) electrons. The normalized spacial score (nSPS) is 18.4. The van der Waals surface area contributed by atoms with Crippen molar-refractivity contribution in [2.45, 2.75) is 51.0 Å². The van der Waals surface area contributed by atoms with Crippen LogP contribution in [0.4, 0.5) is 5.69 Å². The lowest BCUT2D eigenvalue weighted by Crippen LogP contribution is -2.30. The van der Waals surface area contributed by atoms with Crippen molar-refractivity contribution in [3.63, 3.8) is 0 Å². The van der Waals surface area contributed by atoms with Gasteiger partial charge in [0.1, 0.15) is 0 Å². The van der Waals surface area contributed by atoms with Gasteiger partial charge in [-0.05, 0) is 56.5 Å². The summed E-state index contributed by atoms with van der Waals surface area (Å²) >= 11 is 0. The summed E-state index contributed by atoms with van der Waals surface area (Å²) in [6.07, 6.45) is 6.86. The zero-order chi connectivity index (χ0) is 13.0. The predicted octanol–water partition coefficient (Wildman–Crippen LogP) is 3.64. The van der Waals surface area contributed by atoms with Crippen LogP contribution in [-0.2, 0) is 0 Å². The van der Waals surface area contributed by atoms with E-state index in [1.165, 1.54) is 44.2 Å². The molecule has 1 aromatic carbocycles. The molecule has 0 heterocycles. The molecule has 1 aromatic rings. The molecule has 2 N–H and O–H groups in total. The van der Waals surface area contributed by atoms with E-state index >= 15 is 0 Å². The van der Waals surface area contributed by atoms with Crippen LogP contribution in [0.1, 0.15) is 50.5 Å². The Morgan fingerprint density at radius 1 is 1.22 bits per heavy atom. The third-order valence-corrected chi connectivity index (χ3v) is 4.37. The van der Waals surface area contributed by atoms with E-state index in [0.717, 1.165) is 11.7 Å². The maximum Gasteiger partial charge on any atom is 0.0314 e. The van der Waals surface area contributed by atoms with Crippen molar-refractivity contribution in [3.05, 3.63) is 29.8 Å². The molecule has 0 bridgehead atoms. The molecule has 2 nitrogen and oxygen atoms in total. The second kappa shape index (κ2) is 6.24. The summed E-state index contributed by atoms with van der Waals surface area (Å²) in [4.78, 5) is 2.56. The Bertz CT molecular complexity index is 352. The fourth-order valence-corrected chi connectivity index (χ4v) is 2.92. The minimum absolute atomic E-state index is 0.620. The molecule has 2 heteroatoms. The van der Waals surface area contributed by atoms with Crippen molar-refractivity contribution in [2.24, 2.45) is 0 Å². The van der Waals surface area contributed by atoms with Crippen molar-refractivity contribution < 1.29 is 0 Å². The van der Waals surface area contributed by atoms with Crippen LogP contribution in [0.3, 0.4) is 0 Å². The highest BCUT2D eigenvalue weighted by molar-refractivity contribution is 5.40. The zero-order valence-electron chi connectivity index (χ0n) is 11.7. The quantitative estimate of drug-likeness (QED) is 0.804. The van der Waals surface area contributed by atoms with Crippen molar-refractivity contribution in [1.29, 1.82) is 0 Å². The van der Waals surface area contributed by atoms with Crippen molar-refractivity contribution in [1.82, 2.24) is 4.90 Å². The molecule has 0 aliphatic heterocycles. The molecule has 1 atom stereocenters. The third-order valence-electron chi connectivity index (χ3n) is 4.37. The lowest BCUT2D eigenvalue weighted by molar-refractivity contribution is 0.238. The summed E-state index contributed by atoms with van der Waals surface area (Å²) < 4.78 is 0. The van der Waals surface area contributed by atoms with E-state index < -0.39 is 0 Å². The van der Waals surface area contributed by atoms with Crippen LogP contribution < -0.4 is 5.73 Å². The van der Waals surface area contributed by atoms with E-state index in [0.29, 0.717) is 5.92 Å². The lowest BCUT2D eigenvalue weighted by atomic mass is 9.97. The fourth-order valence-electron chi connectivity index (χ4n) is 2.92. The highest BCUT2D eigenvalue weighted by Gasteiger charge is 2.19. The van der Waals surface area contributed by atoms with Crippen LogP contribution in [0.25, 0.3) is 0 Å². The monoisotopic (exact) mass is 246 g/mol. The smallest absolute Gasteiger partial charge is 0.0314 e. The van der Waals surface area contributed by atoms with Crippen LogP contribution in [0.15, 0.2) is 24.3 Å². The van der Waals surface area contributed by atoms with Crippen LogP contribution in [-0.4, -0.2) is 24.5 Å². The largest absolute Gasteiger partial charge is 0.399 e. The van der Waals surface area contributed by atoms with Gasteiger partial charge in [0.05, 0.1) is 0 Å². The highest BCUT2D eigenvalue weighted by atomic mass is 15.1. The first-order valence-electron chi connectivity index (χ1n) is 7.22. The summed E-state index contributed by atoms with van der Waals surface area (Å²) in [6, 6.07) is 9.17. The van der Waals surface area contributed by atoms with Gasteiger partial charge >= 0.3 is 0 Å². The SMILES string of the molecule is CC(CCN(C)C1CCCC1)c1ccc(N)cc1. The average molecular weight is 246 g/mol. The standard InChI is InChI=1S/C16H26N2/c1-13(14-7-9-15(17)10-8-14)11-12-18(2)16-5-3-4-6-16/h7-10,13,16H,3-6,11-12,17H2,1-2H3. The molecular weight excluding hydrogens is 220 g/mol. The molecule has 1 saturated carbocycles. The maximum atomic E-state index is 5.72. The fraction of sp³-hybridized carbons (Fsp3) is 0.625. The first-order chi connectivity index (χ1) is 8.66. The number of hydrogen-bond donors (Lipinski definition) is 1. The number of anilines is 1. The molecule has 1 fully saturated rings. The van der Waals surface area contributed by atoms with Crippen LogP contribution in [0, 0.1) is 0 Å². The zero-order valence-corrected chi connectivity index (χ0v) is 11.7. The number of nitrogens with zero attached hydrogens (tertiary/aromatic N) is 1. The number of nitrogens with two attached hydrogens (primary N) is 1. The van der Waals surface area contributed by atoms with Gasteiger partial charge in [-0.1, -0.05) is 31.9 Å². The Balaban J connectivity index is 1.80. The van der Waals surface area contributed by atoms with Gasteiger partial charge in [-0.15, -0.1) is 0 Å². The molecule has 0 spiro atoms. The van der Waals surface area contributed by atoms with E-state index in [-0.39, 0.29) is 0 Å². The van der Waals surface area contributed by atoms with Gasteiger partial charge in [-0.25, -0.2) is 0 Å². The minimum atomic E-state index is 0.620. The van der Waals surface area contributed by atoms with Gasteiger partial charge in [-0.2, -0.15) is 0 Å². The molecule has 100 valence electrons. The number of nitrogen functional groups attached to an aromatic ring is 1. The van der Waals surface area contributed by atoms with Gasteiger partial charge in [0.25, 0.3) is 0 Å². The van der Waals surface area contributed by atoms with Crippen LogP contribution in [0.5, 0.6) is 0 Å². The molecule has 0 aromatic heterocycles. The Labute approximate surface area is 111 Å². The summed E-state index contributed by atoms with van der Waals surface area (Å²) in [5.41, 5.74) is 7.99. The summed E-state index contributed by atoms with van der Waals surface area (Å²) in [5, 5.41) is 0. The van der Waals surface area contributed by atoms with E-state index in [9.17, 15) is 0 Å². The van der Waals surface area contributed by atoms with Crippen molar-refractivity contribution in [3.8, 4) is 0 Å². The van der Waals surface area contributed by atoms with Crippen LogP contribution in [0.2, 0.25) is 0 Å².